The van der Waals surface area contributed by atoms with Gasteiger partial charge < -0.3 is 15.2 Å². The van der Waals surface area contributed by atoms with Crippen LogP contribution in [0.4, 0.5) is 0 Å². The molecular weight excluding hydrogens is 360 g/mol. The number of nitrogens with one attached hydrogen (secondary N) is 1. The zero-order valence-electron chi connectivity index (χ0n) is 17.6. The van der Waals surface area contributed by atoms with Crippen molar-refractivity contribution in [2.75, 3.05) is 6.54 Å². The quantitative estimate of drug-likeness (QED) is 0.538. The number of amidine groups is 1. The van der Waals surface area contributed by atoms with Crippen molar-refractivity contribution >= 4 is 22.6 Å². The van der Waals surface area contributed by atoms with E-state index in [1.165, 1.54) is 36.8 Å². The maximum atomic E-state index is 12.9. The van der Waals surface area contributed by atoms with Gasteiger partial charge in [0.05, 0.1) is 0 Å². The smallest absolute Gasteiger partial charge is 0.223 e. The van der Waals surface area contributed by atoms with Gasteiger partial charge in [-0.15, -0.1) is 0 Å². The molecule has 0 radical (unpaired) electrons. The summed E-state index contributed by atoms with van der Waals surface area (Å²) in [5, 5.41) is 8.91. The summed E-state index contributed by atoms with van der Waals surface area (Å²) in [6.07, 6.45) is 10.1. The molecule has 1 atom stereocenters. The molecule has 1 unspecified atom stereocenters. The molecule has 5 heteroatoms. The fraction of sp³-hybridized carbons (Fsp3) is 0.583. The van der Waals surface area contributed by atoms with Gasteiger partial charge in [-0.05, 0) is 68.9 Å². The van der Waals surface area contributed by atoms with Crippen LogP contribution in [0.3, 0.4) is 0 Å². The van der Waals surface area contributed by atoms with Gasteiger partial charge in [-0.25, -0.2) is 0 Å². The van der Waals surface area contributed by atoms with E-state index >= 15 is 0 Å². The van der Waals surface area contributed by atoms with E-state index in [-0.39, 0.29) is 5.84 Å². The average Bonchev–Trinajstić information content (AvgIpc) is 3.44. The second-order valence-corrected chi connectivity index (χ2v) is 8.84. The first-order valence-electron chi connectivity index (χ1n) is 11.3. The second kappa shape index (κ2) is 8.60. The van der Waals surface area contributed by atoms with Crippen LogP contribution in [0.15, 0.2) is 24.3 Å². The van der Waals surface area contributed by atoms with Gasteiger partial charge in [-0.2, -0.15) is 0 Å². The summed E-state index contributed by atoms with van der Waals surface area (Å²) < 4.78 is 2.33. The highest BCUT2D eigenvalue weighted by molar-refractivity contribution is 5.98. The Hall–Kier alpha value is -2.30. The van der Waals surface area contributed by atoms with Crippen LogP contribution in [0.5, 0.6) is 0 Å². The van der Waals surface area contributed by atoms with E-state index in [9.17, 15) is 4.79 Å². The molecule has 0 spiro atoms. The number of likely N-dealkylation sites (tertiary alicyclic amines) is 1. The van der Waals surface area contributed by atoms with E-state index in [1.807, 2.05) is 12.1 Å². The Morgan fingerprint density at radius 2 is 1.97 bits per heavy atom. The molecule has 1 saturated heterocycles. The van der Waals surface area contributed by atoms with Gasteiger partial charge in [-0.1, -0.05) is 25.0 Å². The second-order valence-electron chi connectivity index (χ2n) is 8.84. The normalized spacial score (nSPS) is 20.0. The molecule has 2 aromatic rings. The molecule has 4 rings (SSSR count). The third-order valence-electron chi connectivity index (χ3n) is 6.99. The Morgan fingerprint density at radius 1 is 1.17 bits per heavy atom. The summed E-state index contributed by atoms with van der Waals surface area (Å²) in [5.74, 6) is 1.13. The molecule has 5 nitrogen and oxygen atoms in total. The number of fused-ring (bicyclic) bond motifs is 1. The zero-order chi connectivity index (χ0) is 20.4. The first kappa shape index (κ1) is 20.0. The average molecular weight is 395 g/mol. The molecule has 29 heavy (non-hydrogen) atoms. The summed E-state index contributed by atoms with van der Waals surface area (Å²) in [4.78, 5) is 15.1. The highest BCUT2D eigenvalue weighted by atomic mass is 16.2. The van der Waals surface area contributed by atoms with E-state index < -0.39 is 0 Å². The number of aromatic nitrogens is 1. The number of nitrogens with two attached hydrogens (primary N) is 1. The first-order valence-corrected chi connectivity index (χ1v) is 11.3. The van der Waals surface area contributed by atoms with Crippen molar-refractivity contribution in [2.24, 2.45) is 11.7 Å². The maximum Gasteiger partial charge on any atom is 0.223 e. The zero-order valence-corrected chi connectivity index (χ0v) is 17.6. The summed E-state index contributed by atoms with van der Waals surface area (Å²) in [5.41, 5.74) is 8.92. The summed E-state index contributed by atoms with van der Waals surface area (Å²) in [6, 6.07) is 8.67. The number of hydrogen-bond acceptors (Lipinski definition) is 2. The molecule has 2 aliphatic rings. The lowest BCUT2D eigenvalue weighted by Crippen LogP contribution is -2.36. The van der Waals surface area contributed by atoms with Crippen LogP contribution in [0, 0.1) is 11.3 Å². The molecule has 1 saturated carbocycles. The van der Waals surface area contributed by atoms with Crippen LogP contribution < -0.4 is 5.73 Å². The Balaban J connectivity index is 1.45. The lowest BCUT2D eigenvalue weighted by molar-refractivity contribution is -0.133. The molecule has 1 aliphatic heterocycles. The number of nitrogen functional groups attached to an aromatic ring is 1. The van der Waals surface area contributed by atoms with Crippen LogP contribution in [0.2, 0.25) is 0 Å². The van der Waals surface area contributed by atoms with Crippen molar-refractivity contribution in [1.29, 1.82) is 5.41 Å². The lowest BCUT2D eigenvalue weighted by Gasteiger charge is -2.26. The third kappa shape index (κ3) is 4.19. The Bertz CT molecular complexity index is 894. The summed E-state index contributed by atoms with van der Waals surface area (Å²) in [6.45, 7) is 4.00. The number of nitrogens with zero attached hydrogens (tertiary/aromatic N) is 2. The van der Waals surface area contributed by atoms with Crippen LogP contribution in [-0.4, -0.2) is 33.8 Å². The molecule has 1 aromatic carbocycles. The monoisotopic (exact) mass is 394 g/mol. The van der Waals surface area contributed by atoms with Crippen LogP contribution in [-0.2, 0) is 17.8 Å². The number of rotatable bonds is 7. The fourth-order valence-corrected chi connectivity index (χ4v) is 5.42. The predicted octanol–water partition coefficient (Wildman–Crippen LogP) is 4.45. The van der Waals surface area contributed by atoms with Crippen LogP contribution in [0.25, 0.3) is 10.9 Å². The molecular formula is C24H34N4O. The van der Waals surface area contributed by atoms with Crippen molar-refractivity contribution < 1.29 is 4.79 Å². The molecule has 1 aliphatic carbocycles. The van der Waals surface area contributed by atoms with Gasteiger partial charge in [0.2, 0.25) is 5.91 Å². The number of hydrogen-bond donors (Lipinski definition) is 2. The molecule has 2 heterocycles. The standard InChI is InChI=1S/C24H34N4O/c1-2-27-21(15-18-9-10-19(24(25)26)16-22(18)27)12-11-20-8-5-13-28(20)23(29)14-17-6-3-4-7-17/h9-10,15-17,20H,2-8,11-14H2,1H3,(H3,25,26). The summed E-state index contributed by atoms with van der Waals surface area (Å²) in [7, 11) is 0. The number of aryl methyl sites for hydroxylation is 2. The van der Waals surface area contributed by atoms with Crippen molar-refractivity contribution in [3.8, 4) is 0 Å². The van der Waals surface area contributed by atoms with Crippen molar-refractivity contribution in [1.82, 2.24) is 9.47 Å². The minimum absolute atomic E-state index is 0.111. The minimum Gasteiger partial charge on any atom is -0.384 e. The minimum atomic E-state index is 0.111. The maximum absolute atomic E-state index is 12.9. The molecule has 3 N–H and O–H groups in total. The Morgan fingerprint density at radius 3 is 2.69 bits per heavy atom. The molecule has 156 valence electrons. The van der Waals surface area contributed by atoms with Crippen LogP contribution in [0.1, 0.15) is 69.5 Å². The number of benzene rings is 1. The van der Waals surface area contributed by atoms with Crippen molar-refractivity contribution in [2.45, 2.75) is 77.3 Å². The number of carbonyl (C=O) groups excluding carboxylic acids is 1. The number of carbonyl (C=O) groups is 1. The Labute approximate surface area is 173 Å². The topological polar surface area (TPSA) is 75.1 Å². The largest absolute Gasteiger partial charge is 0.384 e. The lowest BCUT2D eigenvalue weighted by atomic mass is 10.0. The molecule has 1 aromatic heterocycles. The predicted molar refractivity (Wildman–Crippen MR) is 118 cm³/mol. The first-order chi connectivity index (χ1) is 14.1. The van der Waals surface area contributed by atoms with E-state index in [0.29, 0.717) is 17.9 Å². The molecule has 2 fully saturated rings. The van der Waals surface area contributed by atoms with E-state index in [0.717, 1.165) is 56.3 Å². The SMILES string of the molecule is CCn1c(CCC2CCCN2C(=O)CC2CCCC2)cc2ccc(C(=N)N)cc21. The van der Waals surface area contributed by atoms with Gasteiger partial charge in [0.15, 0.2) is 0 Å². The van der Waals surface area contributed by atoms with Crippen molar-refractivity contribution in [3.05, 3.63) is 35.5 Å². The highest BCUT2D eigenvalue weighted by Gasteiger charge is 2.30. The number of amides is 1. The fourth-order valence-electron chi connectivity index (χ4n) is 5.42. The van der Waals surface area contributed by atoms with Gasteiger partial charge in [0.1, 0.15) is 5.84 Å². The summed E-state index contributed by atoms with van der Waals surface area (Å²) >= 11 is 0. The molecule has 0 bridgehead atoms. The van der Waals surface area contributed by atoms with Gasteiger partial charge >= 0.3 is 0 Å². The van der Waals surface area contributed by atoms with Crippen LogP contribution >= 0.6 is 0 Å². The highest BCUT2D eigenvalue weighted by Crippen LogP contribution is 2.31. The van der Waals surface area contributed by atoms with E-state index in [2.05, 4.69) is 28.5 Å². The third-order valence-corrected chi connectivity index (χ3v) is 6.99. The van der Waals surface area contributed by atoms with E-state index in [1.54, 1.807) is 0 Å². The van der Waals surface area contributed by atoms with Gasteiger partial charge in [0.25, 0.3) is 0 Å². The molecule has 1 amide bonds. The van der Waals surface area contributed by atoms with Gasteiger partial charge in [-0.3, -0.25) is 10.2 Å². The van der Waals surface area contributed by atoms with Gasteiger partial charge in [0, 0.05) is 42.3 Å². The van der Waals surface area contributed by atoms with E-state index in [4.69, 9.17) is 11.1 Å². The van der Waals surface area contributed by atoms with Crippen molar-refractivity contribution in [3.63, 3.8) is 0 Å². The Kier molecular flexibility index (Phi) is 5.93.